The van der Waals surface area contributed by atoms with Crippen molar-refractivity contribution in [3.05, 3.63) is 40.9 Å². The molecule has 3 rings (SSSR count). The second-order valence-corrected chi connectivity index (χ2v) is 5.16. The van der Waals surface area contributed by atoms with Crippen LogP contribution in [0.2, 0.25) is 0 Å². The van der Waals surface area contributed by atoms with Crippen LogP contribution < -0.4 is 10.9 Å². The maximum atomic E-state index is 11.7. The third-order valence-electron chi connectivity index (χ3n) is 3.61. The first kappa shape index (κ1) is 13.8. The maximum Gasteiger partial charge on any atom is 0.250 e. The summed E-state index contributed by atoms with van der Waals surface area (Å²) in [5.41, 5.74) is 1.50. The number of hydrogen-bond donors (Lipinski definition) is 1. The molecule has 2 aromatic rings. The van der Waals surface area contributed by atoms with Gasteiger partial charge in [-0.2, -0.15) is 0 Å². The first-order valence-electron chi connectivity index (χ1n) is 7.07. The van der Waals surface area contributed by atoms with Crippen LogP contribution >= 0.6 is 0 Å². The number of aryl methyl sites for hydroxylation is 1. The number of hydrogen-bond acceptors (Lipinski definition) is 5. The van der Waals surface area contributed by atoms with Gasteiger partial charge in [-0.3, -0.25) is 4.79 Å². The van der Waals surface area contributed by atoms with Gasteiger partial charge in [0.1, 0.15) is 0 Å². The molecule has 1 saturated heterocycles. The molecule has 6 nitrogen and oxygen atoms in total. The van der Waals surface area contributed by atoms with Crippen LogP contribution in [0, 0.1) is 0 Å². The molecule has 21 heavy (non-hydrogen) atoms. The minimum absolute atomic E-state index is 0.0509. The Kier molecular flexibility index (Phi) is 3.96. The molecule has 1 fully saturated rings. The van der Waals surface area contributed by atoms with E-state index < -0.39 is 0 Å². The molecule has 1 N–H and O–H groups in total. The molecule has 0 spiro atoms. The fourth-order valence-electron chi connectivity index (χ4n) is 2.32. The van der Waals surface area contributed by atoms with Crippen molar-refractivity contribution in [3.8, 4) is 11.3 Å². The predicted octanol–water partition coefficient (Wildman–Crippen LogP) is 1.43. The highest BCUT2D eigenvalue weighted by atomic mass is 16.5. The summed E-state index contributed by atoms with van der Waals surface area (Å²) in [5, 5.41) is 3.33. The lowest BCUT2D eigenvalue weighted by molar-refractivity contribution is 0.0903. The van der Waals surface area contributed by atoms with Crippen molar-refractivity contribution >= 4 is 5.95 Å². The van der Waals surface area contributed by atoms with Gasteiger partial charge in [0.15, 0.2) is 0 Å². The lowest BCUT2D eigenvalue weighted by Gasteiger charge is -2.23. The van der Waals surface area contributed by atoms with Crippen LogP contribution in [0.3, 0.4) is 0 Å². The van der Waals surface area contributed by atoms with Gasteiger partial charge in [0.05, 0.1) is 5.69 Å². The van der Waals surface area contributed by atoms with Gasteiger partial charge in [-0.1, -0.05) is 0 Å². The van der Waals surface area contributed by atoms with Gasteiger partial charge in [0, 0.05) is 50.3 Å². The van der Waals surface area contributed by atoms with Crippen molar-refractivity contribution in [2.45, 2.75) is 18.9 Å². The summed E-state index contributed by atoms with van der Waals surface area (Å²) in [7, 11) is 1.73. The second kappa shape index (κ2) is 6.05. The molecule has 0 unspecified atom stereocenters. The van der Waals surface area contributed by atoms with E-state index in [0.29, 0.717) is 12.0 Å². The summed E-state index contributed by atoms with van der Waals surface area (Å²) in [4.78, 5) is 20.5. The fourth-order valence-corrected chi connectivity index (χ4v) is 2.32. The fraction of sp³-hybridized carbons (Fsp3) is 0.400. The Balaban J connectivity index is 1.81. The normalized spacial score (nSPS) is 15.9. The molecule has 2 aromatic heterocycles. The van der Waals surface area contributed by atoms with Gasteiger partial charge in [-0.25, -0.2) is 9.97 Å². The number of nitrogens with one attached hydrogen (secondary N) is 1. The maximum absolute atomic E-state index is 11.7. The van der Waals surface area contributed by atoms with Crippen LogP contribution in [-0.2, 0) is 11.8 Å². The van der Waals surface area contributed by atoms with Crippen molar-refractivity contribution in [1.82, 2.24) is 14.5 Å². The van der Waals surface area contributed by atoms with Crippen LogP contribution in [0.15, 0.2) is 35.4 Å². The lowest BCUT2D eigenvalue weighted by atomic mass is 10.1. The number of rotatable bonds is 3. The summed E-state index contributed by atoms with van der Waals surface area (Å²) in [6.07, 6.45) is 5.37. The zero-order valence-corrected chi connectivity index (χ0v) is 12.0. The smallest absolute Gasteiger partial charge is 0.250 e. The highest BCUT2D eigenvalue weighted by Crippen LogP contribution is 2.17. The van der Waals surface area contributed by atoms with E-state index in [4.69, 9.17) is 4.74 Å². The average molecular weight is 286 g/mol. The Morgan fingerprint density at radius 3 is 2.90 bits per heavy atom. The topological polar surface area (TPSA) is 69.0 Å². The molecule has 6 heteroatoms. The highest BCUT2D eigenvalue weighted by molar-refractivity contribution is 5.59. The molecule has 0 atom stereocenters. The van der Waals surface area contributed by atoms with Crippen molar-refractivity contribution in [1.29, 1.82) is 0 Å². The number of aromatic nitrogens is 3. The van der Waals surface area contributed by atoms with E-state index in [2.05, 4.69) is 15.3 Å². The third kappa shape index (κ3) is 3.28. The van der Waals surface area contributed by atoms with Gasteiger partial charge in [-0.15, -0.1) is 0 Å². The Labute approximate surface area is 122 Å². The van der Waals surface area contributed by atoms with E-state index in [1.54, 1.807) is 25.5 Å². The Morgan fingerprint density at radius 1 is 1.33 bits per heavy atom. The summed E-state index contributed by atoms with van der Waals surface area (Å²) in [6, 6.07) is 5.62. The van der Waals surface area contributed by atoms with E-state index in [1.807, 2.05) is 12.1 Å². The van der Waals surface area contributed by atoms with Crippen molar-refractivity contribution in [2.24, 2.45) is 7.05 Å². The highest BCUT2D eigenvalue weighted by Gasteiger charge is 2.14. The molecule has 0 bridgehead atoms. The van der Waals surface area contributed by atoms with Crippen molar-refractivity contribution < 1.29 is 4.74 Å². The molecular formula is C15H18N4O2. The summed E-state index contributed by atoms with van der Waals surface area (Å²) in [6.45, 7) is 1.54. The predicted molar refractivity (Wildman–Crippen MR) is 80.2 cm³/mol. The van der Waals surface area contributed by atoms with E-state index in [0.717, 1.165) is 37.3 Å². The lowest BCUT2D eigenvalue weighted by Crippen LogP contribution is -2.28. The molecule has 1 aliphatic heterocycles. The summed E-state index contributed by atoms with van der Waals surface area (Å²) >= 11 is 0. The standard InChI is InChI=1S/C15H18N4O2/c1-19-7-3-11(10-14(19)20)13-2-6-16-15(18-13)17-12-4-8-21-9-5-12/h2-3,6-7,10,12H,4-5,8-9H2,1H3,(H,16,17,18). The number of pyridine rings is 1. The molecular weight excluding hydrogens is 268 g/mol. The Morgan fingerprint density at radius 2 is 2.14 bits per heavy atom. The molecule has 0 radical (unpaired) electrons. The molecule has 110 valence electrons. The van der Waals surface area contributed by atoms with Crippen molar-refractivity contribution in [3.63, 3.8) is 0 Å². The van der Waals surface area contributed by atoms with Crippen LogP contribution in [-0.4, -0.2) is 33.8 Å². The van der Waals surface area contributed by atoms with E-state index in [1.165, 1.54) is 4.57 Å². The molecule has 1 aliphatic rings. The largest absolute Gasteiger partial charge is 0.381 e. The third-order valence-corrected chi connectivity index (χ3v) is 3.61. The molecule has 0 saturated carbocycles. The zero-order chi connectivity index (χ0) is 14.7. The number of ether oxygens (including phenoxy) is 1. The van der Waals surface area contributed by atoms with Crippen LogP contribution in [0.5, 0.6) is 0 Å². The summed E-state index contributed by atoms with van der Waals surface area (Å²) < 4.78 is 6.87. The monoisotopic (exact) mass is 286 g/mol. The van der Waals surface area contributed by atoms with E-state index in [-0.39, 0.29) is 5.56 Å². The first-order valence-corrected chi connectivity index (χ1v) is 7.07. The minimum atomic E-state index is -0.0509. The van der Waals surface area contributed by atoms with Gasteiger partial charge in [0.2, 0.25) is 5.95 Å². The SMILES string of the molecule is Cn1ccc(-c2ccnc(NC3CCOCC3)n2)cc1=O. The zero-order valence-electron chi connectivity index (χ0n) is 12.0. The van der Waals surface area contributed by atoms with Gasteiger partial charge >= 0.3 is 0 Å². The molecule has 0 amide bonds. The van der Waals surface area contributed by atoms with Crippen molar-refractivity contribution in [2.75, 3.05) is 18.5 Å². The molecule has 0 aliphatic carbocycles. The number of anilines is 1. The first-order chi connectivity index (χ1) is 10.2. The van der Waals surface area contributed by atoms with Gasteiger partial charge in [0.25, 0.3) is 5.56 Å². The van der Waals surface area contributed by atoms with E-state index in [9.17, 15) is 4.79 Å². The second-order valence-electron chi connectivity index (χ2n) is 5.16. The average Bonchev–Trinajstić information content (AvgIpc) is 2.51. The van der Waals surface area contributed by atoms with E-state index >= 15 is 0 Å². The quantitative estimate of drug-likeness (QED) is 0.924. The Bertz CT molecular complexity index is 677. The van der Waals surface area contributed by atoms with Crippen LogP contribution in [0.1, 0.15) is 12.8 Å². The molecule has 0 aromatic carbocycles. The van der Waals surface area contributed by atoms with Crippen LogP contribution in [0.25, 0.3) is 11.3 Å². The summed E-state index contributed by atoms with van der Waals surface area (Å²) in [5.74, 6) is 0.597. The molecule has 3 heterocycles. The Hall–Kier alpha value is -2.21. The minimum Gasteiger partial charge on any atom is -0.381 e. The van der Waals surface area contributed by atoms with Gasteiger partial charge < -0.3 is 14.6 Å². The van der Waals surface area contributed by atoms with Crippen LogP contribution in [0.4, 0.5) is 5.95 Å². The number of nitrogens with zero attached hydrogens (tertiary/aromatic N) is 3. The van der Waals surface area contributed by atoms with Gasteiger partial charge in [-0.05, 0) is 25.0 Å².